The standard InChI is InChI=1S/C19H28N2O3/c1-3-20(4-2)19(23)16-10-13-21(14-11-16)18(22)12-15-24-17-8-6-5-7-9-17/h5-9,16H,3-4,10-15H2,1-2H3. The van der Waals surface area contributed by atoms with Gasteiger partial charge < -0.3 is 14.5 Å². The molecule has 2 amide bonds. The van der Waals surface area contributed by atoms with Crippen LogP contribution in [0.3, 0.4) is 0 Å². The van der Waals surface area contributed by atoms with E-state index in [0.29, 0.717) is 26.1 Å². The van der Waals surface area contributed by atoms with Gasteiger partial charge in [0.2, 0.25) is 11.8 Å². The molecule has 5 nitrogen and oxygen atoms in total. The molecule has 0 N–H and O–H groups in total. The van der Waals surface area contributed by atoms with Crippen LogP contribution in [0.1, 0.15) is 33.1 Å². The summed E-state index contributed by atoms with van der Waals surface area (Å²) in [5.74, 6) is 1.20. The lowest BCUT2D eigenvalue weighted by molar-refractivity contribution is -0.140. The third kappa shape index (κ3) is 4.98. The zero-order valence-electron chi connectivity index (χ0n) is 14.7. The van der Waals surface area contributed by atoms with Crippen molar-refractivity contribution >= 4 is 11.8 Å². The summed E-state index contributed by atoms with van der Waals surface area (Å²) in [6, 6.07) is 9.52. The van der Waals surface area contributed by atoms with Crippen molar-refractivity contribution in [3.63, 3.8) is 0 Å². The molecule has 0 spiro atoms. The summed E-state index contributed by atoms with van der Waals surface area (Å²) in [6.07, 6.45) is 1.91. The van der Waals surface area contributed by atoms with E-state index >= 15 is 0 Å². The first-order valence-corrected chi connectivity index (χ1v) is 8.90. The number of hydrogen-bond acceptors (Lipinski definition) is 3. The first-order valence-electron chi connectivity index (χ1n) is 8.90. The molecule has 132 valence electrons. The number of carbonyl (C=O) groups is 2. The lowest BCUT2D eigenvalue weighted by Gasteiger charge is -2.33. The predicted molar refractivity (Wildman–Crippen MR) is 93.8 cm³/mol. The first-order chi connectivity index (χ1) is 11.7. The molecule has 2 rings (SSSR count). The fourth-order valence-corrected chi connectivity index (χ4v) is 3.10. The minimum absolute atomic E-state index is 0.0644. The molecule has 0 unspecified atom stereocenters. The smallest absolute Gasteiger partial charge is 0.225 e. The number of hydrogen-bond donors (Lipinski definition) is 0. The average molecular weight is 332 g/mol. The van der Waals surface area contributed by atoms with Crippen LogP contribution in [0.25, 0.3) is 0 Å². The third-order valence-electron chi connectivity index (χ3n) is 4.60. The van der Waals surface area contributed by atoms with Gasteiger partial charge in [0.1, 0.15) is 5.75 Å². The van der Waals surface area contributed by atoms with E-state index in [-0.39, 0.29) is 17.7 Å². The minimum Gasteiger partial charge on any atom is -0.493 e. The molecule has 0 aromatic heterocycles. The molecular weight excluding hydrogens is 304 g/mol. The van der Waals surface area contributed by atoms with Gasteiger partial charge in [-0.2, -0.15) is 0 Å². The van der Waals surface area contributed by atoms with E-state index in [1.807, 2.05) is 54.0 Å². The van der Waals surface area contributed by atoms with Gasteiger partial charge in [-0.25, -0.2) is 0 Å². The SMILES string of the molecule is CCN(CC)C(=O)C1CCN(C(=O)CCOc2ccccc2)CC1. The zero-order valence-corrected chi connectivity index (χ0v) is 14.7. The Balaban J connectivity index is 1.71. The van der Waals surface area contributed by atoms with Crippen molar-refractivity contribution < 1.29 is 14.3 Å². The number of likely N-dealkylation sites (tertiary alicyclic amines) is 1. The summed E-state index contributed by atoms with van der Waals surface area (Å²) in [7, 11) is 0. The van der Waals surface area contributed by atoms with Gasteiger partial charge >= 0.3 is 0 Å². The van der Waals surface area contributed by atoms with Crippen LogP contribution in [0.4, 0.5) is 0 Å². The second-order valence-electron chi connectivity index (χ2n) is 6.08. The quantitative estimate of drug-likeness (QED) is 0.771. The highest BCUT2D eigenvalue weighted by molar-refractivity contribution is 5.80. The van der Waals surface area contributed by atoms with Gasteiger partial charge in [0, 0.05) is 32.1 Å². The summed E-state index contributed by atoms with van der Waals surface area (Å²) in [4.78, 5) is 28.4. The van der Waals surface area contributed by atoms with Crippen LogP contribution in [0, 0.1) is 5.92 Å². The number of rotatable bonds is 7. The maximum Gasteiger partial charge on any atom is 0.225 e. The molecule has 1 heterocycles. The molecule has 1 aromatic carbocycles. The Morgan fingerprint density at radius 3 is 2.33 bits per heavy atom. The Hall–Kier alpha value is -2.04. The maximum absolute atomic E-state index is 12.4. The lowest BCUT2D eigenvalue weighted by Crippen LogP contribution is -2.44. The number of benzene rings is 1. The largest absolute Gasteiger partial charge is 0.493 e. The molecule has 0 atom stereocenters. The molecule has 1 aromatic rings. The predicted octanol–water partition coefficient (Wildman–Crippen LogP) is 2.56. The molecule has 1 fully saturated rings. The van der Waals surface area contributed by atoms with E-state index in [0.717, 1.165) is 31.7 Å². The number of carbonyl (C=O) groups excluding carboxylic acids is 2. The van der Waals surface area contributed by atoms with E-state index in [9.17, 15) is 9.59 Å². The van der Waals surface area contributed by atoms with Crippen LogP contribution < -0.4 is 4.74 Å². The van der Waals surface area contributed by atoms with Crippen molar-refractivity contribution in [2.45, 2.75) is 33.1 Å². The van der Waals surface area contributed by atoms with E-state index in [1.54, 1.807) is 0 Å². The number of para-hydroxylation sites is 1. The van der Waals surface area contributed by atoms with Crippen molar-refractivity contribution in [2.75, 3.05) is 32.8 Å². The van der Waals surface area contributed by atoms with Gasteiger partial charge in [-0.05, 0) is 38.8 Å². The van der Waals surface area contributed by atoms with Crippen molar-refractivity contribution in [3.05, 3.63) is 30.3 Å². The van der Waals surface area contributed by atoms with Gasteiger partial charge in [0.05, 0.1) is 13.0 Å². The average Bonchev–Trinajstić information content (AvgIpc) is 2.63. The molecule has 1 saturated heterocycles. The highest BCUT2D eigenvalue weighted by atomic mass is 16.5. The second kappa shape index (κ2) is 9.30. The monoisotopic (exact) mass is 332 g/mol. The molecule has 24 heavy (non-hydrogen) atoms. The molecule has 1 aliphatic rings. The Labute approximate surface area is 144 Å². The summed E-state index contributed by atoms with van der Waals surface area (Å²) in [6.45, 7) is 7.25. The van der Waals surface area contributed by atoms with Gasteiger partial charge in [0.25, 0.3) is 0 Å². The highest BCUT2D eigenvalue weighted by Crippen LogP contribution is 2.20. The van der Waals surface area contributed by atoms with Gasteiger partial charge in [-0.1, -0.05) is 18.2 Å². The van der Waals surface area contributed by atoms with Crippen molar-refractivity contribution in [1.82, 2.24) is 9.80 Å². The number of ether oxygens (including phenoxy) is 1. The van der Waals surface area contributed by atoms with Crippen molar-refractivity contribution in [3.8, 4) is 5.75 Å². The number of piperidine rings is 1. The van der Waals surface area contributed by atoms with Gasteiger partial charge in [-0.15, -0.1) is 0 Å². The minimum atomic E-state index is 0.0644. The Morgan fingerprint density at radius 1 is 1.12 bits per heavy atom. The molecule has 1 aliphatic heterocycles. The Morgan fingerprint density at radius 2 is 1.75 bits per heavy atom. The van der Waals surface area contributed by atoms with Crippen LogP contribution >= 0.6 is 0 Å². The first kappa shape index (κ1) is 18.3. The van der Waals surface area contributed by atoms with E-state index in [4.69, 9.17) is 4.74 Å². The molecule has 0 radical (unpaired) electrons. The fraction of sp³-hybridized carbons (Fsp3) is 0.579. The lowest BCUT2D eigenvalue weighted by atomic mass is 9.95. The van der Waals surface area contributed by atoms with E-state index < -0.39 is 0 Å². The van der Waals surface area contributed by atoms with Crippen LogP contribution in [-0.2, 0) is 9.59 Å². The summed E-state index contributed by atoms with van der Waals surface area (Å²) in [5.41, 5.74) is 0. The van der Waals surface area contributed by atoms with Gasteiger partial charge in [-0.3, -0.25) is 9.59 Å². The molecule has 5 heteroatoms. The normalized spacial score (nSPS) is 15.2. The third-order valence-corrected chi connectivity index (χ3v) is 4.60. The van der Waals surface area contributed by atoms with Gasteiger partial charge in [0.15, 0.2) is 0 Å². The molecular formula is C19H28N2O3. The van der Waals surface area contributed by atoms with Crippen LogP contribution in [0.2, 0.25) is 0 Å². The Bertz CT molecular complexity index is 521. The molecule has 0 aliphatic carbocycles. The summed E-state index contributed by atoms with van der Waals surface area (Å²) in [5, 5.41) is 0. The van der Waals surface area contributed by atoms with E-state index in [1.165, 1.54) is 0 Å². The fourth-order valence-electron chi connectivity index (χ4n) is 3.10. The Kier molecular flexibility index (Phi) is 7.09. The summed E-state index contributed by atoms with van der Waals surface area (Å²) >= 11 is 0. The van der Waals surface area contributed by atoms with E-state index in [2.05, 4.69) is 0 Å². The highest BCUT2D eigenvalue weighted by Gasteiger charge is 2.29. The second-order valence-corrected chi connectivity index (χ2v) is 6.08. The topological polar surface area (TPSA) is 49.9 Å². The maximum atomic E-state index is 12.4. The van der Waals surface area contributed by atoms with Crippen LogP contribution in [0.5, 0.6) is 5.75 Å². The molecule has 0 bridgehead atoms. The van der Waals surface area contributed by atoms with Crippen molar-refractivity contribution in [1.29, 1.82) is 0 Å². The summed E-state index contributed by atoms with van der Waals surface area (Å²) < 4.78 is 5.58. The van der Waals surface area contributed by atoms with Crippen molar-refractivity contribution in [2.24, 2.45) is 5.92 Å². The van der Waals surface area contributed by atoms with Crippen LogP contribution in [0.15, 0.2) is 30.3 Å². The number of amides is 2. The zero-order chi connectivity index (χ0) is 17.4. The molecule has 0 saturated carbocycles. The van der Waals surface area contributed by atoms with Crippen LogP contribution in [-0.4, -0.2) is 54.4 Å². The number of nitrogens with zero attached hydrogens (tertiary/aromatic N) is 2.